The summed E-state index contributed by atoms with van der Waals surface area (Å²) < 4.78 is 55.9. The third-order valence-electron chi connectivity index (χ3n) is 0.617. The highest BCUT2D eigenvalue weighted by atomic mass is 19.4. The van der Waals surface area contributed by atoms with Crippen molar-refractivity contribution in [2.45, 2.75) is 12.8 Å². The fourth-order valence-electron chi connectivity index (χ4n) is 0.216. The molecule has 0 heterocycles. The van der Waals surface area contributed by atoms with Crippen LogP contribution in [-0.4, -0.2) is 24.2 Å². The topological polar surface area (TPSA) is 20.3 Å². The zero-order valence-corrected chi connectivity index (χ0v) is 4.40. The lowest BCUT2D eigenvalue weighted by Crippen LogP contribution is -2.40. The Morgan fingerprint density at radius 2 is 1.70 bits per heavy atom. The van der Waals surface area contributed by atoms with Gasteiger partial charge < -0.3 is 0 Å². The molecule has 0 saturated carbocycles. The minimum Gasteiger partial charge on any atom is -0.278 e. The first-order chi connectivity index (χ1) is 4.39. The first-order valence-corrected chi connectivity index (χ1v) is 1.98. The van der Waals surface area contributed by atoms with Gasteiger partial charge in [0.05, 0.1) is 0 Å². The van der Waals surface area contributed by atoms with Crippen LogP contribution in [0.2, 0.25) is 0 Å². The van der Waals surface area contributed by atoms with Gasteiger partial charge in [0.25, 0.3) is 0 Å². The molecule has 0 atom stereocenters. The smallest absolute Gasteiger partial charge is 0.278 e. The van der Waals surface area contributed by atoms with E-state index in [4.69, 9.17) is 0 Å². The van der Waals surface area contributed by atoms with E-state index in [1.54, 1.807) is 0 Å². The number of hydrogen-bond donors (Lipinski definition) is 0. The molecular formula is C3H2F5NO. The van der Waals surface area contributed by atoms with E-state index in [9.17, 15) is 26.7 Å². The SMILES string of the molecule is O=CN(C(F)F)C(F)(F)F. The van der Waals surface area contributed by atoms with Gasteiger partial charge in [-0.25, -0.2) is 0 Å². The largest absolute Gasteiger partial charge is 0.491 e. The Morgan fingerprint density at radius 1 is 1.30 bits per heavy atom. The molecule has 7 heteroatoms. The van der Waals surface area contributed by atoms with Gasteiger partial charge in [-0.15, -0.1) is 13.2 Å². The van der Waals surface area contributed by atoms with Crippen molar-refractivity contribution >= 4 is 6.41 Å². The number of halogens is 5. The van der Waals surface area contributed by atoms with Crippen LogP contribution in [0.3, 0.4) is 0 Å². The van der Waals surface area contributed by atoms with Gasteiger partial charge in [0.2, 0.25) is 6.41 Å². The van der Waals surface area contributed by atoms with E-state index in [2.05, 4.69) is 0 Å². The summed E-state index contributed by atoms with van der Waals surface area (Å²) in [6.07, 6.45) is -6.26. The monoisotopic (exact) mass is 163 g/mol. The van der Waals surface area contributed by atoms with Crippen LogP contribution in [0.5, 0.6) is 0 Å². The molecule has 60 valence electrons. The summed E-state index contributed by atoms with van der Waals surface area (Å²) in [6, 6.07) is 0. The zero-order valence-electron chi connectivity index (χ0n) is 4.40. The van der Waals surface area contributed by atoms with Gasteiger partial charge in [-0.2, -0.15) is 13.7 Å². The number of carbonyl (C=O) groups is 1. The molecule has 0 unspecified atom stereocenters. The second-order valence-electron chi connectivity index (χ2n) is 1.26. The molecule has 0 aromatic rings. The van der Waals surface area contributed by atoms with Gasteiger partial charge in [-0.05, 0) is 0 Å². The van der Waals surface area contributed by atoms with E-state index >= 15 is 0 Å². The van der Waals surface area contributed by atoms with Crippen molar-refractivity contribution < 1.29 is 26.7 Å². The standard InChI is InChI=1S/C3H2F5NO/c4-2(5)9(1-10)3(6,7)8/h1-2H. The van der Waals surface area contributed by atoms with Crippen molar-refractivity contribution in [1.82, 2.24) is 4.90 Å². The second-order valence-corrected chi connectivity index (χ2v) is 1.26. The molecule has 0 aliphatic heterocycles. The molecule has 0 radical (unpaired) electrons. The molecule has 0 rings (SSSR count). The molecule has 0 aromatic carbocycles. The molecule has 0 aromatic heterocycles. The summed E-state index contributed by atoms with van der Waals surface area (Å²) in [7, 11) is 0. The fourth-order valence-corrected chi connectivity index (χ4v) is 0.216. The highest BCUT2D eigenvalue weighted by Crippen LogP contribution is 2.22. The van der Waals surface area contributed by atoms with E-state index in [0.29, 0.717) is 0 Å². The van der Waals surface area contributed by atoms with Crippen LogP contribution in [0, 0.1) is 0 Å². The number of alkyl halides is 5. The number of hydrogen-bond acceptors (Lipinski definition) is 1. The van der Waals surface area contributed by atoms with E-state index in [-0.39, 0.29) is 0 Å². The molecule has 0 aliphatic rings. The molecule has 0 N–H and O–H groups in total. The Labute approximate surface area is 52.2 Å². The number of carbonyl (C=O) groups excluding carboxylic acids is 1. The third kappa shape index (κ3) is 2.16. The molecule has 10 heavy (non-hydrogen) atoms. The molecule has 0 bridgehead atoms. The van der Waals surface area contributed by atoms with E-state index < -0.39 is 24.2 Å². The van der Waals surface area contributed by atoms with Crippen LogP contribution < -0.4 is 0 Å². The van der Waals surface area contributed by atoms with Crippen molar-refractivity contribution in [2.24, 2.45) is 0 Å². The number of amides is 1. The molecule has 0 fully saturated rings. The van der Waals surface area contributed by atoms with Gasteiger partial charge in [0.1, 0.15) is 0 Å². The maximum atomic E-state index is 11.2. The first kappa shape index (κ1) is 9.12. The van der Waals surface area contributed by atoms with Gasteiger partial charge in [-0.3, -0.25) is 4.79 Å². The first-order valence-electron chi connectivity index (χ1n) is 1.98. The van der Waals surface area contributed by atoms with Crippen LogP contribution >= 0.6 is 0 Å². The molecule has 2 nitrogen and oxygen atoms in total. The molecule has 0 saturated heterocycles. The molecule has 0 aliphatic carbocycles. The summed E-state index contributed by atoms with van der Waals surface area (Å²) in [5.41, 5.74) is 0. The average Bonchev–Trinajstić information content (AvgIpc) is 1.60. The summed E-state index contributed by atoms with van der Waals surface area (Å²) in [6.45, 7) is -3.84. The van der Waals surface area contributed by atoms with Crippen LogP contribution in [0.25, 0.3) is 0 Å². The summed E-state index contributed by atoms with van der Waals surface area (Å²) in [4.78, 5) is 7.78. The third-order valence-corrected chi connectivity index (χ3v) is 0.617. The lowest BCUT2D eigenvalue weighted by Gasteiger charge is -2.17. The van der Waals surface area contributed by atoms with Crippen molar-refractivity contribution in [2.75, 3.05) is 0 Å². The maximum Gasteiger partial charge on any atom is 0.491 e. The number of nitrogens with zero attached hydrogens (tertiary/aromatic N) is 1. The van der Waals surface area contributed by atoms with Crippen LogP contribution in [0.1, 0.15) is 0 Å². The minimum absolute atomic E-state index is 0.968. The van der Waals surface area contributed by atoms with E-state index in [1.165, 1.54) is 0 Å². The van der Waals surface area contributed by atoms with Crippen molar-refractivity contribution in [3.63, 3.8) is 0 Å². The van der Waals surface area contributed by atoms with Gasteiger partial charge >= 0.3 is 12.8 Å². The summed E-state index contributed by atoms with van der Waals surface area (Å²) in [5, 5.41) is 0. The lowest BCUT2D eigenvalue weighted by atomic mass is 10.8. The quantitative estimate of drug-likeness (QED) is 0.340. The van der Waals surface area contributed by atoms with Crippen molar-refractivity contribution in [1.29, 1.82) is 0 Å². The zero-order chi connectivity index (χ0) is 8.36. The predicted octanol–water partition coefficient (Wildman–Crippen LogP) is 1.19. The minimum atomic E-state index is -5.30. The summed E-state index contributed by atoms with van der Waals surface area (Å²) in [5.74, 6) is 0. The van der Waals surface area contributed by atoms with E-state index in [1.807, 2.05) is 0 Å². The Hall–Kier alpha value is -0.880. The van der Waals surface area contributed by atoms with Crippen LogP contribution in [0.4, 0.5) is 22.0 Å². The second kappa shape index (κ2) is 2.80. The molecule has 1 amide bonds. The molecule has 0 spiro atoms. The van der Waals surface area contributed by atoms with Crippen LogP contribution in [0.15, 0.2) is 0 Å². The Bertz CT molecular complexity index is 121. The van der Waals surface area contributed by atoms with Crippen molar-refractivity contribution in [3.05, 3.63) is 0 Å². The molecular weight excluding hydrogens is 161 g/mol. The van der Waals surface area contributed by atoms with Crippen LogP contribution in [-0.2, 0) is 4.79 Å². The number of rotatable bonds is 2. The Balaban J connectivity index is 4.21. The Morgan fingerprint density at radius 3 is 1.70 bits per heavy atom. The highest BCUT2D eigenvalue weighted by Gasteiger charge is 2.41. The normalized spacial score (nSPS) is 11.8. The van der Waals surface area contributed by atoms with Gasteiger partial charge in [-0.1, -0.05) is 0 Å². The maximum absolute atomic E-state index is 11.2. The average molecular weight is 163 g/mol. The van der Waals surface area contributed by atoms with Crippen molar-refractivity contribution in [3.8, 4) is 0 Å². The summed E-state index contributed by atoms with van der Waals surface area (Å²) >= 11 is 0. The highest BCUT2D eigenvalue weighted by molar-refractivity contribution is 5.47. The predicted molar refractivity (Wildman–Crippen MR) is 20.0 cm³/mol. The van der Waals surface area contributed by atoms with Gasteiger partial charge in [0, 0.05) is 0 Å². The van der Waals surface area contributed by atoms with E-state index in [0.717, 1.165) is 0 Å². The van der Waals surface area contributed by atoms with Gasteiger partial charge in [0.15, 0.2) is 0 Å². The fraction of sp³-hybridized carbons (Fsp3) is 0.667. The Kier molecular flexibility index (Phi) is 2.56. The lowest BCUT2D eigenvalue weighted by molar-refractivity contribution is -0.274.